The number of hydrogen-bond acceptors (Lipinski definition) is 3. The maximum absolute atomic E-state index is 11.0. The first-order chi connectivity index (χ1) is 10.1. The van der Waals surface area contributed by atoms with Crippen LogP contribution in [-0.4, -0.2) is 4.92 Å². The normalized spacial score (nSPS) is 10.5. The molecule has 0 spiro atoms. The summed E-state index contributed by atoms with van der Waals surface area (Å²) < 4.78 is 0. The fraction of sp³-hybridized carbons (Fsp3) is 0.0588. The van der Waals surface area contributed by atoms with E-state index in [2.05, 4.69) is 11.4 Å². The van der Waals surface area contributed by atoms with E-state index in [0.717, 1.165) is 16.5 Å². The number of anilines is 2. The molecule has 0 bridgehead atoms. The maximum atomic E-state index is 11.0. The summed E-state index contributed by atoms with van der Waals surface area (Å²) in [6.07, 6.45) is 0. The number of rotatable bonds is 3. The zero-order valence-corrected chi connectivity index (χ0v) is 11.5. The van der Waals surface area contributed by atoms with Gasteiger partial charge in [0.05, 0.1) is 4.92 Å². The highest BCUT2D eigenvalue weighted by Crippen LogP contribution is 2.26. The van der Waals surface area contributed by atoms with E-state index in [4.69, 9.17) is 0 Å². The number of benzene rings is 3. The van der Waals surface area contributed by atoms with Crippen LogP contribution in [0.4, 0.5) is 17.1 Å². The number of nitrogens with zero attached hydrogens (tertiary/aromatic N) is 1. The average molecular weight is 278 g/mol. The van der Waals surface area contributed by atoms with Crippen molar-refractivity contribution >= 4 is 27.8 Å². The van der Waals surface area contributed by atoms with Gasteiger partial charge < -0.3 is 5.32 Å². The Bertz CT molecular complexity index is 828. The van der Waals surface area contributed by atoms with Crippen molar-refractivity contribution in [3.05, 3.63) is 76.3 Å². The van der Waals surface area contributed by atoms with Crippen molar-refractivity contribution in [1.29, 1.82) is 0 Å². The van der Waals surface area contributed by atoms with Crippen molar-refractivity contribution in [2.24, 2.45) is 0 Å². The summed E-state index contributed by atoms with van der Waals surface area (Å²) >= 11 is 0. The molecular formula is C17H14N2O2. The van der Waals surface area contributed by atoms with E-state index in [0.29, 0.717) is 11.3 Å². The molecule has 4 nitrogen and oxygen atoms in total. The molecule has 0 saturated heterocycles. The lowest BCUT2D eigenvalue weighted by Crippen LogP contribution is -1.95. The van der Waals surface area contributed by atoms with Gasteiger partial charge in [0.2, 0.25) is 0 Å². The van der Waals surface area contributed by atoms with Gasteiger partial charge in [0.25, 0.3) is 5.69 Å². The Labute approximate surface area is 122 Å². The minimum Gasteiger partial charge on any atom is -0.355 e. The first-order valence-electron chi connectivity index (χ1n) is 6.64. The molecule has 0 saturated carbocycles. The van der Waals surface area contributed by atoms with E-state index >= 15 is 0 Å². The maximum Gasteiger partial charge on any atom is 0.274 e. The zero-order valence-electron chi connectivity index (χ0n) is 11.5. The van der Waals surface area contributed by atoms with Gasteiger partial charge in [-0.1, -0.05) is 36.4 Å². The number of fused-ring (bicyclic) bond motifs is 1. The van der Waals surface area contributed by atoms with Crippen LogP contribution in [0, 0.1) is 17.0 Å². The van der Waals surface area contributed by atoms with E-state index in [1.54, 1.807) is 19.1 Å². The van der Waals surface area contributed by atoms with Gasteiger partial charge in [-0.3, -0.25) is 10.1 Å². The number of nitro groups is 1. The standard InChI is InChI=1S/C17H14N2O2/c1-12-6-8-16(11-17(12)19(20)21)18-15-9-7-13-4-2-3-5-14(13)10-15/h2-11,18H,1H3. The minimum atomic E-state index is -0.360. The summed E-state index contributed by atoms with van der Waals surface area (Å²) in [6, 6.07) is 19.3. The molecule has 0 heterocycles. The number of aryl methyl sites for hydroxylation is 1. The highest BCUT2D eigenvalue weighted by molar-refractivity contribution is 5.86. The van der Waals surface area contributed by atoms with Crippen LogP contribution < -0.4 is 5.32 Å². The first-order valence-corrected chi connectivity index (χ1v) is 6.64. The molecule has 1 N–H and O–H groups in total. The molecule has 104 valence electrons. The molecule has 4 heteroatoms. The molecule has 0 radical (unpaired) electrons. The molecule has 0 aliphatic heterocycles. The lowest BCUT2D eigenvalue weighted by Gasteiger charge is -2.08. The highest BCUT2D eigenvalue weighted by Gasteiger charge is 2.10. The number of hydrogen-bond donors (Lipinski definition) is 1. The Kier molecular flexibility index (Phi) is 3.28. The van der Waals surface area contributed by atoms with Crippen LogP contribution in [0.15, 0.2) is 60.7 Å². The van der Waals surface area contributed by atoms with Crippen LogP contribution in [0.2, 0.25) is 0 Å². The monoisotopic (exact) mass is 278 g/mol. The van der Waals surface area contributed by atoms with Gasteiger partial charge in [0, 0.05) is 23.0 Å². The molecule has 3 aromatic rings. The van der Waals surface area contributed by atoms with Crippen LogP contribution in [0.25, 0.3) is 10.8 Å². The molecule has 0 aliphatic carbocycles. The van der Waals surface area contributed by atoms with Crippen LogP contribution in [0.5, 0.6) is 0 Å². The second-order valence-electron chi connectivity index (χ2n) is 4.95. The third-order valence-electron chi connectivity index (χ3n) is 3.44. The van der Waals surface area contributed by atoms with Gasteiger partial charge >= 0.3 is 0 Å². The highest BCUT2D eigenvalue weighted by atomic mass is 16.6. The molecule has 21 heavy (non-hydrogen) atoms. The van der Waals surface area contributed by atoms with Crippen molar-refractivity contribution in [3.8, 4) is 0 Å². The summed E-state index contributed by atoms with van der Waals surface area (Å²) in [6.45, 7) is 1.73. The quantitative estimate of drug-likeness (QED) is 0.553. The topological polar surface area (TPSA) is 55.2 Å². The van der Waals surface area contributed by atoms with Gasteiger partial charge in [0.1, 0.15) is 0 Å². The molecule has 0 fully saturated rings. The molecule has 3 aromatic carbocycles. The average Bonchev–Trinajstić information content (AvgIpc) is 2.49. The predicted octanol–water partition coefficient (Wildman–Crippen LogP) is 4.80. The molecule has 0 aromatic heterocycles. The van der Waals surface area contributed by atoms with E-state index in [-0.39, 0.29) is 10.6 Å². The number of nitrogens with one attached hydrogen (secondary N) is 1. The first kappa shape index (κ1) is 13.1. The fourth-order valence-electron chi connectivity index (χ4n) is 2.32. The largest absolute Gasteiger partial charge is 0.355 e. The summed E-state index contributed by atoms with van der Waals surface area (Å²) in [4.78, 5) is 10.6. The molecule has 0 aliphatic rings. The van der Waals surface area contributed by atoms with Crippen molar-refractivity contribution in [3.63, 3.8) is 0 Å². The predicted molar refractivity (Wildman–Crippen MR) is 85.1 cm³/mol. The Morgan fingerprint density at radius 2 is 1.57 bits per heavy atom. The summed E-state index contributed by atoms with van der Waals surface area (Å²) in [5.41, 5.74) is 2.40. The third-order valence-corrected chi connectivity index (χ3v) is 3.44. The molecule has 0 unspecified atom stereocenters. The fourth-order valence-corrected chi connectivity index (χ4v) is 2.32. The van der Waals surface area contributed by atoms with E-state index in [1.165, 1.54) is 0 Å². The van der Waals surface area contributed by atoms with Gasteiger partial charge in [-0.05, 0) is 35.9 Å². The lowest BCUT2D eigenvalue weighted by molar-refractivity contribution is -0.385. The summed E-state index contributed by atoms with van der Waals surface area (Å²) in [7, 11) is 0. The molecular weight excluding hydrogens is 264 g/mol. The molecule has 0 atom stereocenters. The van der Waals surface area contributed by atoms with Gasteiger partial charge in [-0.2, -0.15) is 0 Å². The van der Waals surface area contributed by atoms with Crippen molar-refractivity contribution in [2.45, 2.75) is 6.92 Å². The second-order valence-corrected chi connectivity index (χ2v) is 4.95. The molecule has 0 amide bonds. The van der Waals surface area contributed by atoms with Crippen LogP contribution >= 0.6 is 0 Å². The SMILES string of the molecule is Cc1ccc(Nc2ccc3ccccc3c2)cc1[N+](=O)[O-]. The van der Waals surface area contributed by atoms with Crippen molar-refractivity contribution in [1.82, 2.24) is 0 Å². The van der Waals surface area contributed by atoms with E-state index in [1.807, 2.05) is 42.5 Å². The summed E-state index contributed by atoms with van der Waals surface area (Å²) in [5, 5.41) is 16.5. The van der Waals surface area contributed by atoms with Crippen LogP contribution in [0.1, 0.15) is 5.56 Å². The minimum absolute atomic E-state index is 0.126. The smallest absolute Gasteiger partial charge is 0.274 e. The van der Waals surface area contributed by atoms with E-state index < -0.39 is 0 Å². The lowest BCUT2D eigenvalue weighted by atomic mass is 10.1. The molecule has 3 rings (SSSR count). The van der Waals surface area contributed by atoms with Gasteiger partial charge in [-0.15, -0.1) is 0 Å². The number of nitro benzene ring substituents is 1. The van der Waals surface area contributed by atoms with Gasteiger partial charge in [0.15, 0.2) is 0 Å². The van der Waals surface area contributed by atoms with Crippen LogP contribution in [-0.2, 0) is 0 Å². The van der Waals surface area contributed by atoms with Gasteiger partial charge in [-0.25, -0.2) is 0 Å². The zero-order chi connectivity index (χ0) is 14.8. The second kappa shape index (κ2) is 5.25. The van der Waals surface area contributed by atoms with Crippen molar-refractivity contribution in [2.75, 3.05) is 5.32 Å². The summed E-state index contributed by atoms with van der Waals surface area (Å²) in [5.74, 6) is 0. The van der Waals surface area contributed by atoms with Crippen LogP contribution in [0.3, 0.4) is 0 Å². The third kappa shape index (κ3) is 2.69. The van der Waals surface area contributed by atoms with E-state index in [9.17, 15) is 10.1 Å². The Balaban J connectivity index is 1.94. The Morgan fingerprint density at radius 3 is 2.33 bits per heavy atom. The Morgan fingerprint density at radius 1 is 0.905 bits per heavy atom. The Hall–Kier alpha value is -2.88. The van der Waals surface area contributed by atoms with Crippen molar-refractivity contribution < 1.29 is 4.92 Å².